The van der Waals surface area contributed by atoms with E-state index in [9.17, 15) is 43.2 Å². The van der Waals surface area contributed by atoms with Crippen molar-refractivity contribution in [1.82, 2.24) is 29.8 Å². The van der Waals surface area contributed by atoms with Crippen molar-refractivity contribution in [3.05, 3.63) is 29.8 Å². The number of unbranched alkanes of at least 4 members (excludes halogenated alkanes) is 8. The molecule has 3 rings (SSSR count). The predicted molar refractivity (Wildman–Crippen MR) is 396 cm³/mol. The maximum Gasteiger partial charge on any atom is 0.415 e. The number of carbonyl (C=O) groups is 9. The van der Waals surface area contributed by atoms with Crippen LogP contribution in [0.3, 0.4) is 0 Å². The fourth-order valence-electron chi connectivity index (χ4n) is 11.3. The normalized spacial score (nSPS) is 15.5. The van der Waals surface area contributed by atoms with Crippen molar-refractivity contribution in [2.45, 2.75) is 184 Å². The molecule has 1 aromatic rings. The number of methoxy groups -OCH3 is 4. The van der Waals surface area contributed by atoms with E-state index in [0.717, 1.165) is 71.0 Å². The standard InChI is InChI=1S/C74H126N6O21S2/c1-9-76(10-2)39-40-77(11-3)74(89)100-62-31-29-59(30-32-62)65(101-73(88)75-4)27-24-28-68(83)78(35-18-12-14-22-51-102-66-53-69(84)79(71(66)86)37-33-60(81)25-16-20-41-94-55-63(98-49-45-92-7)57-96-47-43-90-5)36-19-13-15-23-52-103-67-54-70(85)80(72(67)87)38-34-61(82)26-17-21-42-95-56-64(99-50-46-93-8)58-97-48-44-91-6/h29-32,63-67H,9-28,33-58H2,1-8H3,(H,75,88). The Morgan fingerprint density at radius 1 is 0.495 bits per heavy atom. The van der Waals surface area contributed by atoms with Crippen LogP contribution in [0.5, 0.6) is 5.75 Å². The van der Waals surface area contributed by atoms with E-state index in [1.807, 2.05) is 11.8 Å². The van der Waals surface area contributed by atoms with E-state index in [0.29, 0.717) is 193 Å². The van der Waals surface area contributed by atoms with Gasteiger partial charge in [-0.25, -0.2) is 9.59 Å². The van der Waals surface area contributed by atoms with E-state index in [-0.39, 0.29) is 98.5 Å². The Morgan fingerprint density at radius 3 is 1.40 bits per heavy atom. The van der Waals surface area contributed by atoms with Gasteiger partial charge in [-0.2, -0.15) is 0 Å². The van der Waals surface area contributed by atoms with Crippen LogP contribution in [-0.4, -0.2) is 299 Å². The lowest BCUT2D eigenvalue weighted by atomic mass is 10.0. The Bertz CT molecular complexity index is 2400. The van der Waals surface area contributed by atoms with Crippen LogP contribution in [0.4, 0.5) is 9.59 Å². The van der Waals surface area contributed by atoms with Crippen molar-refractivity contribution in [3.63, 3.8) is 0 Å². The molecule has 0 spiro atoms. The van der Waals surface area contributed by atoms with Gasteiger partial charge in [0.25, 0.3) is 0 Å². The molecule has 2 aliphatic rings. The molecule has 1 aromatic carbocycles. The second-order valence-corrected chi connectivity index (χ2v) is 28.1. The molecular formula is C74H126N6O21S2. The molecule has 103 heavy (non-hydrogen) atoms. The van der Waals surface area contributed by atoms with E-state index in [4.69, 9.17) is 56.8 Å². The number of ketones is 2. The molecule has 1 N–H and O–H groups in total. The van der Waals surface area contributed by atoms with E-state index in [2.05, 4.69) is 24.1 Å². The smallest absolute Gasteiger partial charge is 0.415 e. The molecule has 0 aliphatic carbocycles. The molecule has 27 nitrogen and oxygen atoms in total. The average molecular weight is 1500 g/mol. The van der Waals surface area contributed by atoms with Gasteiger partial charge in [-0.05, 0) is 113 Å². The SMILES string of the molecule is CCN(CC)CCN(CC)C(=O)Oc1ccc(C(CCCC(=O)N(CCCCCCSC2CC(=O)N(CCC(=O)CCCCOCC(COCCOC)OCCOC)C2=O)CCCCCCSC2CC(=O)N(CCC(=O)CCCCOCC(COCCOC)OCCOC)C2=O)OC(=O)NC)cc1. The number of alkyl carbamates (subject to hydrolysis) is 1. The number of nitrogens with zero attached hydrogens (tertiary/aromatic N) is 5. The molecule has 0 bridgehead atoms. The lowest BCUT2D eigenvalue weighted by Gasteiger charge is -2.25. The van der Waals surface area contributed by atoms with Crippen LogP contribution < -0.4 is 10.1 Å². The van der Waals surface area contributed by atoms with Crippen LogP contribution >= 0.6 is 23.5 Å². The zero-order chi connectivity index (χ0) is 75.1. The third-order valence-electron chi connectivity index (χ3n) is 17.6. The lowest BCUT2D eigenvalue weighted by Crippen LogP contribution is -2.40. The molecular weight excluding hydrogens is 1370 g/mol. The first-order chi connectivity index (χ1) is 50.0. The molecule has 29 heteroatoms. The van der Waals surface area contributed by atoms with Gasteiger partial charge in [-0.1, -0.05) is 51.7 Å². The van der Waals surface area contributed by atoms with Gasteiger partial charge in [0.1, 0.15) is 35.6 Å². The summed E-state index contributed by atoms with van der Waals surface area (Å²) in [5.41, 5.74) is 0.689. The number of carbonyl (C=O) groups excluding carboxylic acids is 9. The van der Waals surface area contributed by atoms with E-state index < -0.39 is 28.8 Å². The predicted octanol–water partition coefficient (Wildman–Crippen LogP) is 8.77. The molecule has 7 amide bonds. The van der Waals surface area contributed by atoms with Crippen molar-refractivity contribution in [1.29, 1.82) is 0 Å². The molecule has 5 atom stereocenters. The summed E-state index contributed by atoms with van der Waals surface area (Å²) in [7, 11) is 7.92. The highest BCUT2D eigenvalue weighted by Crippen LogP contribution is 2.30. The summed E-state index contributed by atoms with van der Waals surface area (Å²) in [6.45, 7) is 16.8. The molecule has 2 heterocycles. The number of nitrogens with one attached hydrogen (secondary N) is 1. The minimum Gasteiger partial charge on any atom is -0.441 e. The summed E-state index contributed by atoms with van der Waals surface area (Å²) < 4.78 is 66.2. The number of Topliss-reactive ketones (excluding diaryl/α,β-unsaturated/α-hetero) is 2. The van der Waals surface area contributed by atoms with Gasteiger partial charge in [0, 0.05) is 139 Å². The number of likely N-dealkylation sites (N-methyl/N-ethyl adjacent to an activating group) is 2. The van der Waals surface area contributed by atoms with Gasteiger partial charge < -0.3 is 76.9 Å². The minimum absolute atomic E-state index is 0.00794. The average Bonchev–Trinajstić information content (AvgIpc) is 1.73. The Hall–Kier alpha value is -4.89. The maximum atomic E-state index is 14.1. The van der Waals surface area contributed by atoms with Crippen molar-refractivity contribution in [3.8, 4) is 5.75 Å². The van der Waals surface area contributed by atoms with Gasteiger partial charge in [0.15, 0.2) is 0 Å². The molecule has 2 aliphatic heterocycles. The van der Waals surface area contributed by atoms with Gasteiger partial charge >= 0.3 is 12.2 Å². The summed E-state index contributed by atoms with van der Waals surface area (Å²) in [4.78, 5) is 126. The number of amides is 7. The summed E-state index contributed by atoms with van der Waals surface area (Å²) >= 11 is 2.96. The third kappa shape index (κ3) is 41.1. The van der Waals surface area contributed by atoms with Gasteiger partial charge in [-0.3, -0.25) is 43.4 Å². The summed E-state index contributed by atoms with van der Waals surface area (Å²) in [6.07, 6.45) is 9.09. The molecule has 2 saturated heterocycles. The summed E-state index contributed by atoms with van der Waals surface area (Å²) in [5, 5.41) is 1.57. The minimum atomic E-state index is -0.676. The maximum absolute atomic E-state index is 14.1. The zero-order valence-electron chi connectivity index (χ0n) is 63.3. The highest BCUT2D eigenvalue weighted by Gasteiger charge is 2.40. The Labute approximate surface area is 622 Å². The quantitative estimate of drug-likeness (QED) is 0.0470. The van der Waals surface area contributed by atoms with E-state index in [1.165, 1.54) is 40.4 Å². The topological polar surface area (TPSA) is 293 Å². The van der Waals surface area contributed by atoms with Gasteiger partial charge in [0.2, 0.25) is 29.5 Å². The molecule has 2 fully saturated rings. The van der Waals surface area contributed by atoms with Crippen LogP contribution in [0, 0.1) is 0 Å². The number of imide groups is 2. The first-order valence-corrected chi connectivity index (χ1v) is 39.6. The van der Waals surface area contributed by atoms with Crippen molar-refractivity contribution in [2.75, 3.05) is 198 Å². The highest BCUT2D eigenvalue weighted by atomic mass is 32.2. The van der Waals surface area contributed by atoms with E-state index in [1.54, 1.807) is 57.6 Å². The van der Waals surface area contributed by atoms with Gasteiger partial charge in [0.05, 0.1) is 89.8 Å². The molecule has 0 radical (unpaired) electrons. The van der Waals surface area contributed by atoms with Crippen molar-refractivity contribution in [2.24, 2.45) is 0 Å². The Balaban J connectivity index is 1.48. The van der Waals surface area contributed by atoms with Crippen LogP contribution in [0.25, 0.3) is 0 Å². The highest BCUT2D eigenvalue weighted by molar-refractivity contribution is 8.00. The first kappa shape index (κ1) is 92.3. The molecule has 590 valence electrons. The summed E-state index contributed by atoms with van der Waals surface area (Å²) in [6, 6.07) is 6.88. The fourth-order valence-corrected chi connectivity index (χ4v) is 13.7. The largest absolute Gasteiger partial charge is 0.441 e. The molecule has 0 aromatic heterocycles. The Morgan fingerprint density at radius 2 is 0.951 bits per heavy atom. The lowest BCUT2D eigenvalue weighted by molar-refractivity contribution is -0.140. The van der Waals surface area contributed by atoms with Crippen LogP contribution in [0.15, 0.2) is 24.3 Å². The number of hydrogen-bond acceptors (Lipinski definition) is 24. The number of hydrogen-bond donors (Lipinski definition) is 1. The van der Waals surface area contributed by atoms with Crippen molar-refractivity contribution >= 4 is 76.8 Å². The second kappa shape index (κ2) is 59.2. The number of benzene rings is 1. The number of thioether (sulfide) groups is 2. The molecule has 5 unspecified atom stereocenters. The fraction of sp³-hybridized carbons (Fsp3) is 0.797. The summed E-state index contributed by atoms with van der Waals surface area (Å²) in [5.74, 6) is 0.716. The van der Waals surface area contributed by atoms with Crippen molar-refractivity contribution < 1.29 is 100.0 Å². The van der Waals surface area contributed by atoms with Crippen LogP contribution in [-0.2, 0) is 85.7 Å². The van der Waals surface area contributed by atoms with E-state index >= 15 is 0 Å². The third-order valence-corrected chi connectivity index (χ3v) is 20.2. The molecule has 0 saturated carbocycles. The van der Waals surface area contributed by atoms with Crippen LogP contribution in [0.1, 0.15) is 167 Å². The van der Waals surface area contributed by atoms with Gasteiger partial charge in [-0.15, -0.1) is 23.5 Å². The second-order valence-electron chi connectivity index (χ2n) is 25.4. The van der Waals surface area contributed by atoms with Crippen LogP contribution in [0.2, 0.25) is 0 Å². The zero-order valence-corrected chi connectivity index (χ0v) is 65.0. The Kier molecular flexibility index (Phi) is 53.0. The first-order valence-electron chi connectivity index (χ1n) is 37.5. The number of ether oxygens (including phenoxy) is 12. The number of rotatable bonds is 67. The number of likely N-dealkylation sites (tertiary alicyclic amines) is 2. The monoisotopic (exact) mass is 1500 g/mol.